The lowest BCUT2D eigenvalue weighted by molar-refractivity contribution is 0.412. The first-order valence-electron chi connectivity index (χ1n) is 11.2. The standard InChI is InChI=1S/C14H18N2O.C13H16N2O/c1-10(2)12-5-6-13(14(7-12)17-4)16-8-11(3)15-9-16;1-10(2)11-4-5-12(13(8-11)16-3)15-7-6-14-9-15/h5-10H,1-4H3;4-10H,1-3H3. The number of benzene rings is 2. The zero-order valence-corrected chi connectivity index (χ0v) is 20.6. The Balaban J connectivity index is 0.000000186. The molecule has 0 bridgehead atoms. The van der Waals surface area contributed by atoms with Crippen molar-refractivity contribution in [1.82, 2.24) is 19.1 Å². The van der Waals surface area contributed by atoms with Crippen LogP contribution in [0.3, 0.4) is 0 Å². The van der Waals surface area contributed by atoms with E-state index in [4.69, 9.17) is 9.47 Å². The van der Waals surface area contributed by atoms with Crippen LogP contribution in [-0.2, 0) is 0 Å². The molecule has 0 fully saturated rings. The number of aromatic nitrogens is 4. The van der Waals surface area contributed by atoms with E-state index in [1.54, 1.807) is 26.7 Å². The first-order valence-corrected chi connectivity index (χ1v) is 11.2. The molecule has 0 saturated carbocycles. The lowest BCUT2D eigenvalue weighted by Gasteiger charge is -2.12. The number of nitrogens with zero attached hydrogens (tertiary/aromatic N) is 4. The van der Waals surface area contributed by atoms with Gasteiger partial charge in [0.25, 0.3) is 0 Å². The molecule has 6 nitrogen and oxygen atoms in total. The minimum absolute atomic E-state index is 0.502. The molecule has 2 aromatic heterocycles. The van der Waals surface area contributed by atoms with Crippen LogP contribution in [0, 0.1) is 6.92 Å². The zero-order chi connectivity index (χ0) is 24.0. The van der Waals surface area contributed by atoms with Gasteiger partial charge in [-0.3, -0.25) is 0 Å². The van der Waals surface area contributed by atoms with Gasteiger partial charge in [0, 0.05) is 18.6 Å². The minimum atomic E-state index is 0.502. The lowest BCUT2D eigenvalue weighted by Crippen LogP contribution is -1.97. The summed E-state index contributed by atoms with van der Waals surface area (Å²) in [4.78, 5) is 8.27. The second-order valence-electron chi connectivity index (χ2n) is 8.56. The monoisotopic (exact) mass is 446 g/mol. The van der Waals surface area contributed by atoms with Gasteiger partial charge < -0.3 is 18.6 Å². The molecule has 0 aliphatic rings. The fourth-order valence-electron chi connectivity index (χ4n) is 3.49. The van der Waals surface area contributed by atoms with E-state index in [9.17, 15) is 0 Å². The highest BCUT2D eigenvalue weighted by molar-refractivity contribution is 5.50. The van der Waals surface area contributed by atoms with Crippen LogP contribution in [0.2, 0.25) is 0 Å². The summed E-state index contributed by atoms with van der Waals surface area (Å²) in [5, 5.41) is 0. The molecule has 2 heterocycles. The van der Waals surface area contributed by atoms with Gasteiger partial charge in [-0.1, -0.05) is 39.8 Å². The summed E-state index contributed by atoms with van der Waals surface area (Å²) in [5.41, 5.74) is 5.60. The maximum Gasteiger partial charge on any atom is 0.143 e. The second kappa shape index (κ2) is 10.9. The van der Waals surface area contributed by atoms with Crippen molar-refractivity contribution in [3.8, 4) is 22.9 Å². The topological polar surface area (TPSA) is 54.1 Å². The highest BCUT2D eigenvalue weighted by atomic mass is 16.5. The number of ether oxygens (including phenoxy) is 2. The SMILES string of the molecule is COc1cc(C(C)C)ccc1-n1ccnc1.COc1cc(C(C)C)ccc1-n1cnc(C)c1. The second-order valence-corrected chi connectivity index (χ2v) is 8.56. The summed E-state index contributed by atoms with van der Waals surface area (Å²) >= 11 is 0. The van der Waals surface area contributed by atoms with Crippen LogP contribution in [0.25, 0.3) is 11.4 Å². The van der Waals surface area contributed by atoms with Crippen LogP contribution in [0.5, 0.6) is 11.5 Å². The van der Waals surface area contributed by atoms with Gasteiger partial charge in [0.2, 0.25) is 0 Å². The average Bonchev–Trinajstić information content (AvgIpc) is 3.50. The molecule has 0 spiro atoms. The predicted octanol–water partition coefficient (Wildman–Crippen LogP) is 6.32. The molecule has 174 valence electrons. The molecule has 0 N–H and O–H groups in total. The lowest BCUT2D eigenvalue weighted by atomic mass is 10.0. The van der Waals surface area contributed by atoms with Crippen molar-refractivity contribution in [1.29, 1.82) is 0 Å². The third-order valence-corrected chi connectivity index (χ3v) is 5.51. The van der Waals surface area contributed by atoms with Crippen LogP contribution in [0.1, 0.15) is 56.4 Å². The molecule has 4 rings (SSSR count). The Morgan fingerprint density at radius 2 is 1.30 bits per heavy atom. The molecule has 0 aliphatic carbocycles. The minimum Gasteiger partial charge on any atom is -0.495 e. The van der Waals surface area contributed by atoms with Crippen LogP contribution in [0.15, 0.2) is 67.6 Å². The highest BCUT2D eigenvalue weighted by Crippen LogP contribution is 2.28. The number of aryl methyl sites for hydroxylation is 1. The van der Waals surface area contributed by atoms with Gasteiger partial charge in [-0.25, -0.2) is 9.97 Å². The zero-order valence-electron chi connectivity index (χ0n) is 20.6. The Morgan fingerprint density at radius 3 is 1.70 bits per heavy atom. The normalized spacial score (nSPS) is 10.8. The number of imidazole rings is 2. The first kappa shape index (κ1) is 24.1. The molecule has 0 radical (unpaired) electrons. The average molecular weight is 447 g/mol. The van der Waals surface area contributed by atoms with Crippen LogP contribution in [-0.4, -0.2) is 33.3 Å². The van der Waals surface area contributed by atoms with Gasteiger partial charge in [-0.05, 0) is 54.2 Å². The molecule has 0 atom stereocenters. The summed E-state index contributed by atoms with van der Waals surface area (Å²) in [7, 11) is 3.40. The van der Waals surface area contributed by atoms with Crippen LogP contribution < -0.4 is 9.47 Å². The quantitative estimate of drug-likeness (QED) is 0.348. The van der Waals surface area contributed by atoms with E-state index in [2.05, 4.69) is 74.1 Å². The maximum atomic E-state index is 5.45. The Labute approximate surface area is 196 Å². The third kappa shape index (κ3) is 5.83. The summed E-state index contributed by atoms with van der Waals surface area (Å²) in [6, 6.07) is 12.6. The van der Waals surface area contributed by atoms with E-state index < -0.39 is 0 Å². The Hall–Kier alpha value is -3.54. The van der Waals surface area contributed by atoms with Crippen molar-refractivity contribution < 1.29 is 9.47 Å². The summed E-state index contributed by atoms with van der Waals surface area (Å²) < 4.78 is 14.8. The fourth-order valence-corrected chi connectivity index (χ4v) is 3.49. The van der Waals surface area contributed by atoms with E-state index in [-0.39, 0.29) is 0 Å². The van der Waals surface area contributed by atoms with Crippen LogP contribution >= 0.6 is 0 Å². The smallest absolute Gasteiger partial charge is 0.143 e. The number of methoxy groups -OCH3 is 2. The largest absolute Gasteiger partial charge is 0.495 e. The van der Waals surface area contributed by atoms with Crippen LogP contribution in [0.4, 0.5) is 0 Å². The van der Waals surface area contributed by atoms with Gasteiger partial charge in [0.15, 0.2) is 0 Å². The summed E-state index contributed by atoms with van der Waals surface area (Å²) in [6.45, 7) is 10.7. The molecule has 0 amide bonds. The van der Waals surface area contributed by atoms with Crippen molar-refractivity contribution in [2.45, 2.75) is 46.5 Å². The van der Waals surface area contributed by atoms with Crippen molar-refractivity contribution >= 4 is 0 Å². The number of hydrogen-bond acceptors (Lipinski definition) is 4. The number of hydrogen-bond donors (Lipinski definition) is 0. The van der Waals surface area contributed by atoms with Crippen molar-refractivity contribution in [3.05, 3.63) is 84.5 Å². The van der Waals surface area contributed by atoms with E-state index in [1.165, 1.54) is 11.1 Å². The highest BCUT2D eigenvalue weighted by Gasteiger charge is 2.09. The van der Waals surface area contributed by atoms with E-state index in [1.807, 2.05) is 34.8 Å². The Morgan fingerprint density at radius 1 is 0.758 bits per heavy atom. The molecule has 0 aliphatic heterocycles. The Kier molecular flexibility index (Phi) is 7.93. The summed E-state index contributed by atoms with van der Waals surface area (Å²) in [5.74, 6) is 2.77. The molecular weight excluding hydrogens is 412 g/mol. The predicted molar refractivity (Wildman–Crippen MR) is 133 cm³/mol. The van der Waals surface area contributed by atoms with E-state index >= 15 is 0 Å². The molecule has 0 unspecified atom stereocenters. The molecule has 4 aromatic rings. The molecular formula is C27H34N4O2. The van der Waals surface area contributed by atoms with Crippen molar-refractivity contribution in [3.63, 3.8) is 0 Å². The van der Waals surface area contributed by atoms with Gasteiger partial charge in [-0.2, -0.15) is 0 Å². The third-order valence-electron chi connectivity index (χ3n) is 5.51. The molecule has 0 saturated heterocycles. The van der Waals surface area contributed by atoms with Gasteiger partial charge in [-0.15, -0.1) is 0 Å². The van der Waals surface area contributed by atoms with Crippen molar-refractivity contribution in [2.24, 2.45) is 0 Å². The van der Waals surface area contributed by atoms with Gasteiger partial charge in [0.1, 0.15) is 11.5 Å². The molecule has 6 heteroatoms. The first-order chi connectivity index (χ1) is 15.8. The van der Waals surface area contributed by atoms with Gasteiger partial charge in [0.05, 0.1) is 43.9 Å². The van der Waals surface area contributed by atoms with Gasteiger partial charge >= 0.3 is 0 Å². The Bertz CT molecular complexity index is 1160. The van der Waals surface area contributed by atoms with E-state index in [0.717, 1.165) is 28.6 Å². The summed E-state index contributed by atoms with van der Waals surface area (Å²) in [6.07, 6.45) is 9.24. The molecule has 2 aromatic carbocycles. The van der Waals surface area contributed by atoms with E-state index in [0.29, 0.717) is 11.8 Å². The maximum absolute atomic E-state index is 5.45. The number of rotatable bonds is 6. The molecule has 33 heavy (non-hydrogen) atoms. The van der Waals surface area contributed by atoms with Crippen molar-refractivity contribution in [2.75, 3.05) is 14.2 Å². The fraction of sp³-hybridized carbons (Fsp3) is 0.333.